The molecule has 2 aromatic rings. The number of benzene rings is 1. The van der Waals surface area contributed by atoms with Gasteiger partial charge in [0.05, 0.1) is 6.61 Å². The summed E-state index contributed by atoms with van der Waals surface area (Å²) in [5.74, 6) is 0.380. The van der Waals surface area contributed by atoms with Crippen LogP contribution in [-0.2, 0) is 6.54 Å². The maximum atomic E-state index is 11.3. The molecule has 1 amide bonds. The standard InChI is InChI=1S/C19H26N4O3S/c1-2-26-16-5-3-14(4-6-16)11-22-8-9-23(12-15(22)7-10-24)19-21-17(13-27-19)18(20)25/h3-6,13,15,24H,2,7-12H2,1H3,(H2,20,25)/t15-/m1/s1. The van der Waals surface area contributed by atoms with E-state index in [1.165, 1.54) is 16.9 Å². The minimum atomic E-state index is -0.501. The average Bonchev–Trinajstić information content (AvgIpc) is 3.16. The van der Waals surface area contributed by atoms with Crippen molar-refractivity contribution in [1.29, 1.82) is 0 Å². The average molecular weight is 391 g/mol. The van der Waals surface area contributed by atoms with Crippen molar-refractivity contribution in [3.8, 4) is 5.75 Å². The molecule has 1 aliphatic heterocycles. The number of hydrogen-bond donors (Lipinski definition) is 2. The van der Waals surface area contributed by atoms with E-state index in [4.69, 9.17) is 10.5 Å². The van der Waals surface area contributed by atoms with Crippen molar-refractivity contribution in [2.45, 2.75) is 25.9 Å². The number of primary amides is 1. The SMILES string of the molecule is CCOc1ccc(CN2CCN(c3nc(C(N)=O)cs3)C[C@H]2CCO)cc1. The predicted molar refractivity (Wildman–Crippen MR) is 106 cm³/mol. The smallest absolute Gasteiger partial charge is 0.268 e. The van der Waals surface area contributed by atoms with Gasteiger partial charge in [0.25, 0.3) is 5.91 Å². The lowest BCUT2D eigenvalue weighted by Crippen LogP contribution is -2.53. The Labute approximate surface area is 163 Å². The molecule has 0 aliphatic carbocycles. The molecule has 0 saturated carbocycles. The fraction of sp³-hybridized carbons (Fsp3) is 0.474. The van der Waals surface area contributed by atoms with Crippen molar-refractivity contribution < 1.29 is 14.6 Å². The summed E-state index contributed by atoms with van der Waals surface area (Å²) >= 11 is 1.43. The zero-order chi connectivity index (χ0) is 19.2. The van der Waals surface area contributed by atoms with Crippen LogP contribution in [0.1, 0.15) is 29.4 Å². The number of carbonyl (C=O) groups excluding carboxylic acids is 1. The first-order valence-corrected chi connectivity index (χ1v) is 10.1. The Hall–Kier alpha value is -2.16. The Morgan fingerprint density at radius 1 is 1.37 bits per heavy atom. The van der Waals surface area contributed by atoms with E-state index in [9.17, 15) is 9.90 Å². The lowest BCUT2D eigenvalue weighted by Gasteiger charge is -2.41. The summed E-state index contributed by atoms with van der Waals surface area (Å²) in [6.45, 7) is 6.06. The van der Waals surface area contributed by atoms with E-state index in [1.54, 1.807) is 5.38 Å². The molecule has 3 rings (SSSR count). The largest absolute Gasteiger partial charge is 0.494 e. The second kappa shape index (κ2) is 9.16. The van der Waals surface area contributed by atoms with Crippen LogP contribution in [0.3, 0.4) is 0 Å². The van der Waals surface area contributed by atoms with Crippen molar-refractivity contribution in [3.05, 3.63) is 40.9 Å². The third-order valence-corrected chi connectivity index (χ3v) is 5.60. The summed E-state index contributed by atoms with van der Waals surface area (Å²) < 4.78 is 5.50. The van der Waals surface area contributed by atoms with E-state index in [0.717, 1.165) is 37.1 Å². The molecule has 0 unspecified atom stereocenters. The number of aliphatic hydroxyl groups excluding tert-OH is 1. The van der Waals surface area contributed by atoms with Gasteiger partial charge in [-0.2, -0.15) is 0 Å². The molecular formula is C19H26N4O3S. The van der Waals surface area contributed by atoms with E-state index in [1.807, 2.05) is 19.1 Å². The summed E-state index contributed by atoms with van der Waals surface area (Å²) in [4.78, 5) is 20.2. The van der Waals surface area contributed by atoms with Crippen molar-refractivity contribution in [1.82, 2.24) is 9.88 Å². The zero-order valence-electron chi connectivity index (χ0n) is 15.5. The molecule has 0 bridgehead atoms. The monoisotopic (exact) mass is 390 g/mol. The minimum absolute atomic E-state index is 0.142. The second-order valence-electron chi connectivity index (χ2n) is 6.54. The number of amides is 1. The Kier molecular flexibility index (Phi) is 6.65. The maximum absolute atomic E-state index is 11.3. The summed E-state index contributed by atoms with van der Waals surface area (Å²) in [5.41, 5.74) is 6.84. The first-order valence-electron chi connectivity index (χ1n) is 9.17. The van der Waals surface area contributed by atoms with Gasteiger partial charge in [0, 0.05) is 44.2 Å². The Bertz CT molecular complexity index is 750. The molecule has 1 aromatic carbocycles. The highest BCUT2D eigenvalue weighted by Gasteiger charge is 2.28. The van der Waals surface area contributed by atoms with Crippen LogP contribution in [0, 0.1) is 0 Å². The molecule has 1 fully saturated rings. The number of aromatic nitrogens is 1. The third kappa shape index (κ3) is 4.97. The van der Waals surface area contributed by atoms with Gasteiger partial charge in [0.2, 0.25) is 0 Å². The number of carbonyl (C=O) groups is 1. The van der Waals surface area contributed by atoms with Gasteiger partial charge in [0.1, 0.15) is 11.4 Å². The van der Waals surface area contributed by atoms with Gasteiger partial charge in [-0.15, -0.1) is 11.3 Å². The molecule has 2 heterocycles. The van der Waals surface area contributed by atoms with Crippen LogP contribution >= 0.6 is 11.3 Å². The number of nitrogens with zero attached hydrogens (tertiary/aromatic N) is 3. The van der Waals surface area contributed by atoms with Gasteiger partial charge in [0.15, 0.2) is 5.13 Å². The Morgan fingerprint density at radius 3 is 2.78 bits per heavy atom. The van der Waals surface area contributed by atoms with Crippen molar-refractivity contribution in [2.24, 2.45) is 5.73 Å². The van der Waals surface area contributed by atoms with Gasteiger partial charge in [-0.05, 0) is 31.0 Å². The molecule has 0 spiro atoms. The summed E-state index contributed by atoms with van der Waals surface area (Å²) in [6, 6.07) is 8.39. The minimum Gasteiger partial charge on any atom is -0.494 e. The second-order valence-corrected chi connectivity index (χ2v) is 7.38. The lowest BCUT2D eigenvalue weighted by molar-refractivity contribution is 0.0996. The number of hydrogen-bond acceptors (Lipinski definition) is 7. The molecule has 1 saturated heterocycles. The third-order valence-electron chi connectivity index (χ3n) is 4.70. The number of aliphatic hydroxyl groups is 1. The maximum Gasteiger partial charge on any atom is 0.268 e. The summed E-state index contributed by atoms with van der Waals surface area (Å²) in [5, 5.41) is 12.0. The molecule has 7 nitrogen and oxygen atoms in total. The molecule has 1 atom stereocenters. The van der Waals surface area contributed by atoms with Crippen LogP contribution in [0.25, 0.3) is 0 Å². The van der Waals surface area contributed by atoms with Crippen LogP contribution in [0.2, 0.25) is 0 Å². The first kappa shape index (κ1) is 19.6. The van der Waals surface area contributed by atoms with E-state index < -0.39 is 5.91 Å². The van der Waals surface area contributed by atoms with Crippen LogP contribution in [0.15, 0.2) is 29.6 Å². The van der Waals surface area contributed by atoms with Gasteiger partial charge in [-0.3, -0.25) is 9.69 Å². The van der Waals surface area contributed by atoms with E-state index in [0.29, 0.717) is 18.7 Å². The van der Waals surface area contributed by atoms with Crippen molar-refractivity contribution in [3.63, 3.8) is 0 Å². The van der Waals surface area contributed by atoms with Crippen LogP contribution in [0.4, 0.5) is 5.13 Å². The van der Waals surface area contributed by atoms with Crippen molar-refractivity contribution in [2.75, 3.05) is 37.7 Å². The zero-order valence-corrected chi connectivity index (χ0v) is 16.3. The normalized spacial score (nSPS) is 17.9. The molecular weight excluding hydrogens is 364 g/mol. The molecule has 27 heavy (non-hydrogen) atoms. The van der Waals surface area contributed by atoms with Gasteiger partial charge < -0.3 is 20.5 Å². The lowest BCUT2D eigenvalue weighted by atomic mass is 10.1. The molecule has 0 radical (unpaired) electrons. The highest BCUT2D eigenvalue weighted by Crippen LogP contribution is 2.25. The van der Waals surface area contributed by atoms with E-state index in [-0.39, 0.29) is 12.6 Å². The fourth-order valence-electron chi connectivity index (χ4n) is 3.31. The number of nitrogens with two attached hydrogens (primary N) is 1. The van der Waals surface area contributed by atoms with Gasteiger partial charge >= 0.3 is 0 Å². The van der Waals surface area contributed by atoms with E-state index >= 15 is 0 Å². The summed E-state index contributed by atoms with van der Waals surface area (Å²) in [7, 11) is 0. The van der Waals surface area contributed by atoms with Gasteiger partial charge in [-0.25, -0.2) is 4.98 Å². The molecule has 1 aromatic heterocycles. The van der Waals surface area contributed by atoms with Crippen LogP contribution in [-0.4, -0.2) is 59.8 Å². The molecule has 146 valence electrons. The van der Waals surface area contributed by atoms with Crippen LogP contribution in [0.5, 0.6) is 5.75 Å². The highest BCUT2D eigenvalue weighted by molar-refractivity contribution is 7.13. The molecule has 1 aliphatic rings. The van der Waals surface area contributed by atoms with Crippen molar-refractivity contribution >= 4 is 22.4 Å². The number of ether oxygens (including phenoxy) is 1. The Morgan fingerprint density at radius 2 is 2.15 bits per heavy atom. The van der Waals surface area contributed by atoms with E-state index in [2.05, 4.69) is 26.9 Å². The number of piperazine rings is 1. The van der Waals surface area contributed by atoms with Crippen LogP contribution < -0.4 is 15.4 Å². The number of anilines is 1. The fourth-order valence-corrected chi connectivity index (χ4v) is 4.16. The Balaban J connectivity index is 1.65. The van der Waals surface area contributed by atoms with Gasteiger partial charge in [-0.1, -0.05) is 12.1 Å². The predicted octanol–water partition coefficient (Wildman–Crippen LogP) is 1.71. The number of rotatable bonds is 8. The topological polar surface area (TPSA) is 91.9 Å². The summed E-state index contributed by atoms with van der Waals surface area (Å²) in [6.07, 6.45) is 0.696. The molecule has 8 heteroatoms. The number of thiazole rings is 1. The quantitative estimate of drug-likeness (QED) is 0.713. The molecule has 3 N–H and O–H groups in total. The highest BCUT2D eigenvalue weighted by atomic mass is 32.1. The first-order chi connectivity index (χ1) is 13.1.